The minimum atomic E-state index is -3.96. The van der Waals surface area contributed by atoms with Gasteiger partial charge in [0.25, 0.3) is 0 Å². The van der Waals surface area contributed by atoms with Crippen LogP contribution in [-0.2, 0) is 30.9 Å². The molecule has 1 heterocycles. The largest absolute Gasteiger partial charge is 0.480 e. The number of rotatable bonds is 6. The first-order valence-electron chi connectivity index (χ1n) is 5.90. The average molecular weight is 319 g/mol. The number of sulfonamides is 1. The Morgan fingerprint density at radius 2 is 1.95 bits per heavy atom. The quantitative estimate of drug-likeness (QED) is 0.694. The first-order valence-corrected chi connectivity index (χ1v) is 7.34. The van der Waals surface area contributed by atoms with E-state index < -0.39 is 35.1 Å². The Bertz CT molecular complexity index is 664. The number of ether oxygens (including phenoxy) is 1. The fourth-order valence-corrected chi connectivity index (χ4v) is 3.30. The van der Waals surface area contributed by atoms with Crippen molar-refractivity contribution in [3.63, 3.8) is 0 Å². The van der Waals surface area contributed by atoms with Gasteiger partial charge in [-0.1, -0.05) is 0 Å². The first kappa shape index (κ1) is 17.1. The lowest BCUT2D eigenvalue weighted by Gasteiger charge is -2.16. The van der Waals surface area contributed by atoms with Gasteiger partial charge in [-0.3, -0.25) is 14.3 Å². The minimum Gasteiger partial charge on any atom is -0.480 e. The number of carboxylic acids is 1. The summed E-state index contributed by atoms with van der Waals surface area (Å²) in [6, 6.07) is 0. The van der Waals surface area contributed by atoms with Crippen LogP contribution in [0, 0.1) is 13.8 Å². The summed E-state index contributed by atoms with van der Waals surface area (Å²) in [6.07, 6.45) is 0. The molecule has 0 aliphatic heterocycles. The summed E-state index contributed by atoms with van der Waals surface area (Å²) < 4.78 is 31.2. The lowest BCUT2D eigenvalue weighted by molar-refractivity contribution is -0.140. The van der Waals surface area contributed by atoms with Gasteiger partial charge in [0.2, 0.25) is 10.0 Å². The third kappa shape index (κ3) is 3.58. The Labute approximate surface area is 122 Å². The molecule has 10 heteroatoms. The summed E-state index contributed by atoms with van der Waals surface area (Å²) >= 11 is 0. The van der Waals surface area contributed by atoms with E-state index in [4.69, 9.17) is 5.11 Å². The van der Waals surface area contributed by atoms with Gasteiger partial charge in [-0.25, -0.2) is 8.42 Å². The molecule has 0 aliphatic rings. The van der Waals surface area contributed by atoms with Crippen molar-refractivity contribution in [2.45, 2.75) is 25.3 Å². The summed E-state index contributed by atoms with van der Waals surface area (Å²) in [5.74, 6) is -1.83. The predicted octanol–water partition coefficient (Wildman–Crippen LogP) is -0.622. The van der Waals surface area contributed by atoms with Crippen LogP contribution >= 0.6 is 0 Å². The number of esters is 1. The molecular formula is C11H17N3O6S. The monoisotopic (exact) mass is 319 g/mol. The van der Waals surface area contributed by atoms with Gasteiger partial charge in [-0.2, -0.15) is 9.40 Å². The van der Waals surface area contributed by atoms with Crippen LogP contribution < -0.4 is 0 Å². The molecule has 0 saturated heterocycles. The molecule has 0 spiro atoms. The molecule has 1 N–H and O–H groups in total. The lowest BCUT2D eigenvalue weighted by Crippen LogP contribution is -2.33. The van der Waals surface area contributed by atoms with Crippen LogP contribution in [0.4, 0.5) is 0 Å². The van der Waals surface area contributed by atoms with Crippen molar-refractivity contribution in [2.24, 2.45) is 0 Å². The number of aliphatic carboxylic acids is 1. The second-order valence-corrected chi connectivity index (χ2v) is 6.37. The number of hydrogen-bond acceptors (Lipinski definition) is 6. The molecule has 0 atom stereocenters. The van der Waals surface area contributed by atoms with Crippen LogP contribution in [0.1, 0.15) is 11.4 Å². The van der Waals surface area contributed by atoms with Gasteiger partial charge in [0.05, 0.1) is 18.5 Å². The summed E-state index contributed by atoms with van der Waals surface area (Å²) in [5, 5.41) is 12.7. The minimum absolute atomic E-state index is 0.102. The molecule has 118 valence electrons. The Morgan fingerprint density at radius 1 is 1.38 bits per heavy atom. The molecule has 0 unspecified atom stereocenters. The summed E-state index contributed by atoms with van der Waals surface area (Å²) in [5.41, 5.74) is 0.372. The fraction of sp³-hybridized carbons (Fsp3) is 0.545. The highest BCUT2D eigenvalue weighted by molar-refractivity contribution is 7.89. The first-order chi connectivity index (χ1) is 9.61. The molecule has 0 saturated carbocycles. The van der Waals surface area contributed by atoms with E-state index in [0.29, 0.717) is 0 Å². The van der Waals surface area contributed by atoms with Crippen molar-refractivity contribution in [3.05, 3.63) is 11.4 Å². The molecule has 1 aromatic heterocycles. The Morgan fingerprint density at radius 3 is 2.43 bits per heavy atom. The summed E-state index contributed by atoms with van der Waals surface area (Å²) in [7, 11) is -1.57. The molecule has 0 radical (unpaired) electrons. The predicted molar refractivity (Wildman–Crippen MR) is 71.2 cm³/mol. The molecule has 1 rings (SSSR count). The van der Waals surface area contributed by atoms with E-state index in [2.05, 4.69) is 9.84 Å². The van der Waals surface area contributed by atoms with E-state index in [0.717, 1.165) is 16.1 Å². The van der Waals surface area contributed by atoms with E-state index in [9.17, 15) is 18.0 Å². The third-order valence-corrected chi connectivity index (χ3v) is 4.90. The number of carbonyl (C=O) groups is 2. The maximum Gasteiger partial charge on any atom is 0.325 e. The second-order valence-electron chi connectivity index (χ2n) is 4.39. The highest BCUT2D eigenvalue weighted by Crippen LogP contribution is 2.22. The summed E-state index contributed by atoms with van der Waals surface area (Å²) in [6.45, 7) is 2.04. The van der Waals surface area contributed by atoms with E-state index in [1.165, 1.54) is 20.9 Å². The summed E-state index contributed by atoms with van der Waals surface area (Å²) in [4.78, 5) is 21.8. The van der Waals surface area contributed by atoms with Crippen molar-refractivity contribution in [1.82, 2.24) is 14.1 Å². The molecule has 21 heavy (non-hydrogen) atoms. The standard InChI is InChI=1S/C11H17N3O6S/c1-7-11(8(2)14(12-7)5-9(15)16)21(18,19)13(3)6-10(17)20-4/h5-6H2,1-4H3,(H,15,16). The van der Waals surface area contributed by atoms with Gasteiger partial charge in [0.1, 0.15) is 18.0 Å². The number of likely N-dealkylation sites (N-methyl/N-ethyl adjacent to an activating group) is 1. The van der Waals surface area contributed by atoms with Crippen LogP contribution in [0.3, 0.4) is 0 Å². The van der Waals surface area contributed by atoms with Crippen LogP contribution in [-0.4, -0.2) is 60.3 Å². The number of carbonyl (C=O) groups excluding carboxylic acids is 1. The van der Waals surface area contributed by atoms with Gasteiger partial charge >= 0.3 is 11.9 Å². The number of hydrogen-bond donors (Lipinski definition) is 1. The van der Waals surface area contributed by atoms with Crippen molar-refractivity contribution in [1.29, 1.82) is 0 Å². The number of aryl methyl sites for hydroxylation is 1. The van der Waals surface area contributed by atoms with Gasteiger partial charge in [-0.15, -0.1) is 0 Å². The number of methoxy groups -OCH3 is 1. The van der Waals surface area contributed by atoms with Crippen LogP contribution in [0.15, 0.2) is 4.90 Å². The van der Waals surface area contributed by atoms with E-state index in [1.54, 1.807) is 0 Å². The zero-order valence-electron chi connectivity index (χ0n) is 12.2. The van der Waals surface area contributed by atoms with Gasteiger partial charge < -0.3 is 9.84 Å². The lowest BCUT2D eigenvalue weighted by atomic mass is 10.4. The van der Waals surface area contributed by atoms with Gasteiger partial charge in [0.15, 0.2) is 0 Å². The molecule has 0 aliphatic carbocycles. The fourth-order valence-electron chi connectivity index (χ4n) is 1.82. The zero-order valence-corrected chi connectivity index (χ0v) is 13.0. The van der Waals surface area contributed by atoms with Crippen molar-refractivity contribution >= 4 is 22.0 Å². The molecule has 1 aromatic rings. The maximum atomic E-state index is 12.4. The van der Waals surface area contributed by atoms with Crippen LogP contribution in [0.25, 0.3) is 0 Å². The van der Waals surface area contributed by atoms with Crippen molar-refractivity contribution in [2.75, 3.05) is 20.7 Å². The number of aromatic nitrogens is 2. The zero-order chi connectivity index (χ0) is 16.4. The molecular weight excluding hydrogens is 302 g/mol. The van der Waals surface area contributed by atoms with Crippen LogP contribution in [0.5, 0.6) is 0 Å². The van der Waals surface area contributed by atoms with E-state index in [-0.39, 0.29) is 16.3 Å². The third-order valence-electron chi connectivity index (χ3n) is 2.85. The Balaban J connectivity index is 3.23. The SMILES string of the molecule is COC(=O)CN(C)S(=O)(=O)c1c(C)nn(CC(=O)O)c1C. The topological polar surface area (TPSA) is 119 Å². The van der Waals surface area contributed by atoms with Gasteiger partial charge in [-0.05, 0) is 13.8 Å². The smallest absolute Gasteiger partial charge is 0.325 e. The molecule has 0 aromatic carbocycles. The highest BCUT2D eigenvalue weighted by atomic mass is 32.2. The highest BCUT2D eigenvalue weighted by Gasteiger charge is 2.30. The van der Waals surface area contributed by atoms with Crippen LogP contribution in [0.2, 0.25) is 0 Å². The van der Waals surface area contributed by atoms with Crippen molar-refractivity contribution in [3.8, 4) is 0 Å². The molecule has 0 fully saturated rings. The average Bonchev–Trinajstić information content (AvgIpc) is 2.63. The van der Waals surface area contributed by atoms with Crippen molar-refractivity contribution < 1.29 is 27.9 Å². The second kappa shape index (κ2) is 6.22. The molecule has 0 bridgehead atoms. The molecule has 9 nitrogen and oxygen atoms in total. The Hall–Kier alpha value is -1.94. The normalized spacial score (nSPS) is 11.7. The number of nitrogens with zero attached hydrogens (tertiary/aromatic N) is 3. The van der Waals surface area contributed by atoms with Gasteiger partial charge in [0, 0.05) is 7.05 Å². The number of carboxylic acid groups (broad SMARTS) is 1. The Kier molecular flexibility index (Phi) is 5.07. The van der Waals surface area contributed by atoms with E-state index >= 15 is 0 Å². The molecule has 0 amide bonds. The van der Waals surface area contributed by atoms with E-state index in [1.807, 2.05) is 0 Å². The maximum absolute atomic E-state index is 12.4.